The lowest BCUT2D eigenvalue weighted by Crippen LogP contribution is -2.46. The van der Waals surface area contributed by atoms with E-state index in [1.54, 1.807) is 25.3 Å². The van der Waals surface area contributed by atoms with E-state index < -0.39 is 0 Å². The Bertz CT molecular complexity index is 531. The molecule has 0 saturated carbocycles. The van der Waals surface area contributed by atoms with Crippen molar-refractivity contribution in [3.8, 4) is 23.3 Å². The third-order valence-electron chi connectivity index (χ3n) is 3.77. The standard InChI is InChI=1S/C17H23ClN2O2/c1-3-19-9-11-20(12-10-19)8-4-5-13-22-16-7-6-15(18)14-17(16)21-2/h6-7,14H,3,8-13H2,1-2H3. The first-order chi connectivity index (χ1) is 10.7. The van der Waals surface area contributed by atoms with Gasteiger partial charge in [0.05, 0.1) is 13.7 Å². The number of rotatable bonds is 5. The molecule has 0 aliphatic carbocycles. The molecule has 5 heteroatoms. The fourth-order valence-electron chi connectivity index (χ4n) is 2.36. The Morgan fingerprint density at radius 3 is 2.50 bits per heavy atom. The SMILES string of the molecule is CCN1CCN(CC#CCOc2ccc(Cl)cc2OC)CC1. The van der Waals surface area contributed by atoms with Crippen molar-refractivity contribution in [2.45, 2.75) is 6.92 Å². The molecule has 22 heavy (non-hydrogen) atoms. The first kappa shape index (κ1) is 17.0. The molecule has 2 rings (SSSR count). The Morgan fingerprint density at radius 1 is 1.09 bits per heavy atom. The molecule has 1 fully saturated rings. The molecule has 1 aliphatic heterocycles. The lowest BCUT2D eigenvalue weighted by atomic mass is 10.3. The molecule has 1 aromatic rings. The summed E-state index contributed by atoms with van der Waals surface area (Å²) in [6.07, 6.45) is 0. The third-order valence-corrected chi connectivity index (χ3v) is 4.00. The average Bonchev–Trinajstić information content (AvgIpc) is 2.56. The van der Waals surface area contributed by atoms with Gasteiger partial charge in [-0.25, -0.2) is 0 Å². The molecule has 1 heterocycles. The van der Waals surface area contributed by atoms with Gasteiger partial charge in [-0.3, -0.25) is 4.90 Å². The summed E-state index contributed by atoms with van der Waals surface area (Å²) in [6, 6.07) is 5.31. The lowest BCUT2D eigenvalue weighted by molar-refractivity contribution is 0.149. The van der Waals surface area contributed by atoms with Crippen LogP contribution in [0, 0.1) is 11.8 Å². The van der Waals surface area contributed by atoms with Crippen LogP contribution in [-0.2, 0) is 0 Å². The van der Waals surface area contributed by atoms with Gasteiger partial charge in [-0.05, 0) is 18.7 Å². The number of likely N-dealkylation sites (N-methyl/N-ethyl adjacent to an activating group) is 1. The van der Waals surface area contributed by atoms with Crippen LogP contribution in [0.2, 0.25) is 5.02 Å². The summed E-state index contributed by atoms with van der Waals surface area (Å²) in [7, 11) is 1.60. The molecule has 0 amide bonds. The second-order valence-corrected chi connectivity index (χ2v) is 5.58. The predicted octanol–water partition coefficient (Wildman–Crippen LogP) is 2.37. The van der Waals surface area contributed by atoms with Crippen LogP contribution in [-0.4, -0.2) is 62.8 Å². The highest BCUT2D eigenvalue weighted by molar-refractivity contribution is 6.30. The number of benzene rings is 1. The molecule has 0 spiro atoms. The Balaban J connectivity index is 1.73. The molecule has 0 N–H and O–H groups in total. The summed E-state index contributed by atoms with van der Waals surface area (Å²) >= 11 is 5.91. The first-order valence-electron chi connectivity index (χ1n) is 7.59. The monoisotopic (exact) mass is 322 g/mol. The van der Waals surface area contributed by atoms with Gasteiger partial charge in [0.2, 0.25) is 0 Å². The summed E-state index contributed by atoms with van der Waals surface area (Å²) in [4.78, 5) is 4.84. The van der Waals surface area contributed by atoms with E-state index in [0.717, 1.165) is 39.3 Å². The maximum Gasteiger partial charge on any atom is 0.162 e. The van der Waals surface area contributed by atoms with Crippen molar-refractivity contribution in [3.05, 3.63) is 23.2 Å². The van der Waals surface area contributed by atoms with Crippen molar-refractivity contribution in [1.29, 1.82) is 0 Å². The van der Waals surface area contributed by atoms with E-state index in [4.69, 9.17) is 21.1 Å². The summed E-state index contributed by atoms with van der Waals surface area (Å²) in [5.41, 5.74) is 0. The second kappa shape index (κ2) is 8.89. The van der Waals surface area contributed by atoms with Crippen LogP contribution in [0.4, 0.5) is 0 Å². The minimum atomic E-state index is 0.354. The van der Waals surface area contributed by atoms with Crippen molar-refractivity contribution < 1.29 is 9.47 Å². The van der Waals surface area contributed by atoms with Crippen molar-refractivity contribution >= 4 is 11.6 Å². The van der Waals surface area contributed by atoms with Crippen LogP contribution in [0.25, 0.3) is 0 Å². The van der Waals surface area contributed by atoms with Crippen LogP contribution in [0.15, 0.2) is 18.2 Å². The Kier molecular flexibility index (Phi) is 6.85. The lowest BCUT2D eigenvalue weighted by Gasteiger charge is -2.32. The number of ether oxygens (including phenoxy) is 2. The number of piperazine rings is 1. The summed E-state index contributed by atoms with van der Waals surface area (Å²) < 4.78 is 10.9. The van der Waals surface area contributed by atoms with Crippen LogP contribution >= 0.6 is 11.6 Å². The number of hydrogen-bond donors (Lipinski definition) is 0. The molecule has 1 aliphatic rings. The van der Waals surface area contributed by atoms with Crippen molar-refractivity contribution in [2.75, 3.05) is 53.0 Å². The highest BCUT2D eigenvalue weighted by Gasteiger charge is 2.13. The Hall–Kier alpha value is -1.41. The minimum absolute atomic E-state index is 0.354. The van der Waals surface area contributed by atoms with E-state index in [9.17, 15) is 0 Å². The maximum atomic E-state index is 5.91. The van der Waals surface area contributed by atoms with Crippen LogP contribution in [0.1, 0.15) is 6.92 Å². The van der Waals surface area contributed by atoms with Crippen molar-refractivity contribution in [1.82, 2.24) is 9.80 Å². The zero-order valence-corrected chi connectivity index (χ0v) is 14.0. The van der Waals surface area contributed by atoms with E-state index in [1.807, 2.05) is 0 Å². The van der Waals surface area contributed by atoms with Gasteiger partial charge in [-0.2, -0.15) is 0 Å². The number of methoxy groups -OCH3 is 1. The summed E-state index contributed by atoms with van der Waals surface area (Å²) in [5, 5.41) is 0.626. The van der Waals surface area contributed by atoms with Gasteiger partial charge in [-0.15, -0.1) is 0 Å². The quantitative estimate of drug-likeness (QED) is 0.777. The topological polar surface area (TPSA) is 24.9 Å². The fraction of sp³-hybridized carbons (Fsp3) is 0.529. The molecule has 0 aromatic heterocycles. The van der Waals surface area contributed by atoms with E-state index in [0.29, 0.717) is 23.1 Å². The molecule has 0 radical (unpaired) electrons. The molecule has 4 nitrogen and oxygen atoms in total. The molecular weight excluding hydrogens is 300 g/mol. The molecule has 0 unspecified atom stereocenters. The van der Waals surface area contributed by atoms with E-state index in [1.165, 1.54) is 0 Å². The van der Waals surface area contributed by atoms with Crippen LogP contribution in [0.5, 0.6) is 11.5 Å². The molecular formula is C17H23ClN2O2. The molecule has 0 bridgehead atoms. The third kappa shape index (κ3) is 5.10. The van der Waals surface area contributed by atoms with Gasteiger partial charge in [0.15, 0.2) is 11.5 Å². The average molecular weight is 323 g/mol. The molecule has 0 atom stereocenters. The van der Waals surface area contributed by atoms with Gasteiger partial charge >= 0.3 is 0 Å². The number of halogens is 1. The van der Waals surface area contributed by atoms with Gasteiger partial charge in [0.1, 0.15) is 6.61 Å². The minimum Gasteiger partial charge on any atom is -0.493 e. The van der Waals surface area contributed by atoms with E-state index in [-0.39, 0.29) is 0 Å². The molecule has 1 aromatic carbocycles. The van der Waals surface area contributed by atoms with Crippen molar-refractivity contribution in [2.24, 2.45) is 0 Å². The zero-order valence-electron chi connectivity index (χ0n) is 13.3. The van der Waals surface area contributed by atoms with Gasteiger partial charge in [-0.1, -0.05) is 30.4 Å². The Labute approximate surface area is 137 Å². The molecule has 120 valence electrons. The van der Waals surface area contributed by atoms with Crippen LogP contribution < -0.4 is 9.47 Å². The van der Waals surface area contributed by atoms with E-state index in [2.05, 4.69) is 28.6 Å². The normalized spacial score (nSPS) is 16.0. The van der Waals surface area contributed by atoms with Crippen LogP contribution in [0.3, 0.4) is 0 Å². The fourth-order valence-corrected chi connectivity index (χ4v) is 2.52. The Morgan fingerprint density at radius 2 is 1.82 bits per heavy atom. The first-order valence-corrected chi connectivity index (χ1v) is 7.97. The number of hydrogen-bond acceptors (Lipinski definition) is 4. The molecule has 1 saturated heterocycles. The van der Waals surface area contributed by atoms with Gasteiger partial charge in [0.25, 0.3) is 0 Å². The van der Waals surface area contributed by atoms with Crippen molar-refractivity contribution in [3.63, 3.8) is 0 Å². The second-order valence-electron chi connectivity index (χ2n) is 5.15. The number of nitrogens with zero attached hydrogens (tertiary/aromatic N) is 2. The highest BCUT2D eigenvalue weighted by atomic mass is 35.5. The van der Waals surface area contributed by atoms with E-state index >= 15 is 0 Å². The zero-order chi connectivity index (χ0) is 15.8. The smallest absolute Gasteiger partial charge is 0.162 e. The van der Waals surface area contributed by atoms with Gasteiger partial charge in [0, 0.05) is 37.3 Å². The highest BCUT2D eigenvalue weighted by Crippen LogP contribution is 2.29. The summed E-state index contributed by atoms with van der Waals surface area (Å²) in [6.45, 7) is 8.95. The summed E-state index contributed by atoms with van der Waals surface area (Å²) in [5.74, 6) is 7.52. The van der Waals surface area contributed by atoms with Gasteiger partial charge < -0.3 is 14.4 Å². The largest absolute Gasteiger partial charge is 0.493 e. The maximum absolute atomic E-state index is 5.91. The predicted molar refractivity (Wildman–Crippen MR) is 89.8 cm³/mol.